The number of hydrogen-bond acceptors (Lipinski definition) is 3. The van der Waals surface area contributed by atoms with Crippen LogP contribution in [0.2, 0.25) is 0 Å². The fraction of sp³-hybridized carbons (Fsp3) is 0.167. The average Bonchev–Trinajstić information content (AvgIpc) is 3.07. The maximum atomic E-state index is 12.9. The van der Waals surface area contributed by atoms with Crippen molar-refractivity contribution in [2.45, 2.75) is 26.2 Å². The maximum absolute atomic E-state index is 12.9. The summed E-state index contributed by atoms with van der Waals surface area (Å²) in [6, 6.07) is 23.8. The summed E-state index contributed by atoms with van der Waals surface area (Å²) in [7, 11) is 0. The van der Waals surface area contributed by atoms with E-state index in [1.165, 1.54) is 33.3 Å². The first-order valence-corrected chi connectivity index (χ1v) is 12.0. The van der Waals surface area contributed by atoms with Crippen LogP contribution in [0, 0.1) is 6.92 Å². The summed E-state index contributed by atoms with van der Waals surface area (Å²) in [6.45, 7) is 3.07. The number of aromatic amines is 1. The lowest BCUT2D eigenvalue weighted by Gasteiger charge is -2.25. The Morgan fingerprint density at radius 3 is 2.50 bits per heavy atom. The van der Waals surface area contributed by atoms with E-state index in [9.17, 15) is 14.7 Å². The lowest BCUT2D eigenvalue weighted by Crippen LogP contribution is -2.17. The van der Waals surface area contributed by atoms with Crippen LogP contribution in [-0.4, -0.2) is 27.4 Å². The molecule has 0 radical (unpaired) electrons. The van der Waals surface area contributed by atoms with Gasteiger partial charge in [-0.05, 0) is 85.9 Å². The number of carboxylic acid groups (broad SMARTS) is 1. The molecule has 0 saturated carbocycles. The third-order valence-electron chi connectivity index (χ3n) is 6.45. The Kier molecular flexibility index (Phi) is 6.44. The summed E-state index contributed by atoms with van der Waals surface area (Å²) in [5.74, 6) is -1.20. The first-order chi connectivity index (χ1) is 17.5. The SMILES string of the molecule is Cc1ccc(N2CCCCc3cc(C=C=Cc4c(C(=O)O)[nH]n(-c5ccccc5)c4=O)ccc32)cc1. The van der Waals surface area contributed by atoms with Gasteiger partial charge in [-0.25, -0.2) is 9.48 Å². The van der Waals surface area contributed by atoms with Crippen molar-refractivity contribution in [3.63, 3.8) is 0 Å². The molecular formula is C30H27N3O3. The van der Waals surface area contributed by atoms with Crippen LogP contribution in [0.25, 0.3) is 17.8 Å². The van der Waals surface area contributed by atoms with Gasteiger partial charge in [0.25, 0.3) is 5.56 Å². The molecule has 0 unspecified atom stereocenters. The van der Waals surface area contributed by atoms with Crippen molar-refractivity contribution in [1.29, 1.82) is 0 Å². The van der Waals surface area contributed by atoms with Crippen LogP contribution >= 0.6 is 0 Å². The topological polar surface area (TPSA) is 78.3 Å². The highest BCUT2D eigenvalue weighted by Gasteiger charge is 2.19. The molecule has 3 aromatic carbocycles. The maximum Gasteiger partial charge on any atom is 0.354 e. The average molecular weight is 478 g/mol. The van der Waals surface area contributed by atoms with E-state index in [0.29, 0.717) is 5.69 Å². The molecule has 0 atom stereocenters. The van der Waals surface area contributed by atoms with Crippen molar-refractivity contribution in [3.8, 4) is 5.69 Å². The van der Waals surface area contributed by atoms with Gasteiger partial charge in [0.2, 0.25) is 0 Å². The van der Waals surface area contributed by atoms with Gasteiger partial charge < -0.3 is 10.0 Å². The zero-order valence-corrected chi connectivity index (χ0v) is 20.1. The summed E-state index contributed by atoms with van der Waals surface area (Å²) < 4.78 is 1.24. The molecule has 5 rings (SSSR count). The Bertz CT molecular complexity index is 1520. The van der Waals surface area contributed by atoms with E-state index in [2.05, 4.69) is 59.1 Å². The molecule has 4 aromatic rings. The number of carbonyl (C=O) groups is 1. The minimum absolute atomic E-state index is 0.0582. The Morgan fingerprint density at radius 2 is 1.75 bits per heavy atom. The Hall–Kier alpha value is -4.54. The second kappa shape index (κ2) is 9.98. The first-order valence-electron chi connectivity index (χ1n) is 12.0. The molecule has 6 heteroatoms. The Labute approximate surface area is 209 Å². The van der Waals surface area contributed by atoms with Gasteiger partial charge in [-0.15, -0.1) is 5.73 Å². The molecule has 0 saturated heterocycles. The number of rotatable bonds is 5. The van der Waals surface area contributed by atoms with Crippen LogP contribution in [-0.2, 0) is 6.42 Å². The van der Waals surface area contributed by atoms with Crippen molar-refractivity contribution in [3.05, 3.63) is 117 Å². The number of nitrogens with one attached hydrogen (secondary N) is 1. The highest BCUT2D eigenvalue weighted by Crippen LogP contribution is 2.33. The minimum Gasteiger partial charge on any atom is -0.477 e. The number of para-hydroxylation sites is 1. The highest BCUT2D eigenvalue weighted by atomic mass is 16.4. The van der Waals surface area contributed by atoms with Crippen molar-refractivity contribution >= 4 is 29.5 Å². The molecule has 1 aliphatic rings. The van der Waals surface area contributed by atoms with E-state index in [1.807, 2.05) is 12.1 Å². The summed E-state index contributed by atoms with van der Waals surface area (Å²) in [4.78, 5) is 27.1. The van der Waals surface area contributed by atoms with Gasteiger partial charge in [-0.1, -0.05) is 42.0 Å². The van der Waals surface area contributed by atoms with Crippen LogP contribution in [0.15, 0.2) is 83.3 Å². The molecule has 36 heavy (non-hydrogen) atoms. The van der Waals surface area contributed by atoms with Crippen LogP contribution in [0.3, 0.4) is 0 Å². The Morgan fingerprint density at radius 1 is 0.972 bits per heavy atom. The fourth-order valence-electron chi connectivity index (χ4n) is 4.58. The molecule has 0 spiro atoms. The number of benzene rings is 3. The van der Waals surface area contributed by atoms with Gasteiger partial charge >= 0.3 is 5.97 Å². The predicted molar refractivity (Wildman–Crippen MR) is 143 cm³/mol. The van der Waals surface area contributed by atoms with Gasteiger partial charge in [-0.3, -0.25) is 9.89 Å². The number of fused-ring (bicyclic) bond motifs is 1. The second-order valence-electron chi connectivity index (χ2n) is 8.97. The van der Waals surface area contributed by atoms with E-state index in [0.717, 1.165) is 31.4 Å². The lowest BCUT2D eigenvalue weighted by atomic mass is 10.0. The number of hydrogen-bond donors (Lipinski definition) is 2. The molecule has 0 fully saturated rings. The number of aromatic carboxylic acids is 1. The van der Waals surface area contributed by atoms with Gasteiger partial charge in [-0.2, -0.15) is 0 Å². The number of aromatic nitrogens is 2. The largest absolute Gasteiger partial charge is 0.477 e. The molecule has 180 valence electrons. The molecule has 6 nitrogen and oxygen atoms in total. The lowest BCUT2D eigenvalue weighted by molar-refractivity contribution is 0.0689. The van der Waals surface area contributed by atoms with Crippen molar-refractivity contribution in [1.82, 2.24) is 9.78 Å². The molecule has 0 aliphatic carbocycles. The molecule has 2 heterocycles. The number of aryl methyl sites for hydroxylation is 2. The van der Waals surface area contributed by atoms with Crippen LogP contribution in [0.5, 0.6) is 0 Å². The smallest absolute Gasteiger partial charge is 0.354 e. The van der Waals surface area contributed by atoms with E-state index in [-0.39, 0.29) is 11.3 Å². The van der Waals surface area contributed by atoms with E-state index < -0.39 is 11.5 Å². The monoisotopic (exact) mass is 477 g/mol. The molecule has 0 amide bonds. The molecule has 2 N–H and O–H groups in total. The number of carboxylic acids is 1. The van der Waals surface area contributed by atoms with Crippen LogP contribution in [0.1, 0.15) is 45.6 Å². The van der Waals surface area contributed by atoms with Crippen LogP contribution < -0.4 is 10.5 Å². The van der Waals surface area contributed by atoms with Gasteiger partial charge in [0.15, 0.2) is 5.69 Å². The molecule has 1 aromatic heterocycles. The van der Waals surface area contributed by atoms with Gasteiger partial charge in [0.05, 0.1) is 11.3 Å². The standard InChI is InChI=1S/C30H27N3O3/c1-21-13-16-24(17-14-21)32-19-6-5-9-23-20-22(15-18-27(23)32)8-7-12-26-28(30(35)36)31-33(29(26)34)25-10-3-2-4-11-25/h2-4,8,10-18,20,31H,5-6,9,19H2,1H3,(H,35,36). The number of anilines is 2. The summed E-state index contributed by atoms with van der Waals surface area (Å²) in [6.07, 6.45) is 6.44. The fourth-order valence-corrected chi connectivity index (χ4v) is 4.58. The quantitative estimate of drug-likeness (QED) is 0.347. The zero-order valence-electron chi connectivity index (χ0n) is 20.1. The third-order valence-corrected chi connectivity index (χ3v) is 6.45. The van der Waals surface area contributed by atoms with Crippen molar-refractivity contribution in [2.75, 3.05) is 11.4 Å². The zero-order chi connectivity index (χ0) is 25.1. The second-order valence-corrected chi connectivity index (χ2v) is 8.97. The van der Waals surface area contributed by atoms with Gasteiger partial charge in [0.1, 0.15) is 0 Å². The van der Waals surface area contributed by atoms with Crippen molar-refractivity contribution in [2.24, 2.45) is 0 Å². The predicted octanol–water partition coefficient (Wildman–Crippen LogP) is 5.97. The summed E-state index contributed by atoms with van der Waals surface area (Å²) in [5, 5.41) is 12.3. The van der Waals surface area contributed by atoms with E-state index in [4.69, 9.17) is 0 Å². The first kappa shape index (κ1) is 23.2. The van der Waals surface area contributed by atoms with Crippen molar-refractivity contribution < 1.29 is 9.90 Å². The third kappa shape index (κ3) is 4.67. The molecular weight excluding hydrogens is 450 g/mol. The normalized spacial score (nSPS) is 12.9. The number of nitrogens with zero attached hydrogens (tertiary/aromatic N) is 2. The highest BCUT2D eigenvalue weighted by molar-refractivity contribution is 5.90. The molecule has 1 aliphatic heterocycles. The minimum atomic E-state index is -1.20. The summed E-state index contributed by atoms with van der Waals surface area (Å²) in [5.41, 5.74) is 8.91. The van der Waals surface area contributed by atoms with Gasteiger partial charge in [0, 0.05) is 17.9 Å². The molecule has 0 bridgehead atoms. The summed E-state index contributed by atoms with van der Waals surface area (Å²) >= 11 is 0. The Balaban J connectivity index is 1.47. The van der Waals surface area contributed by atoms with Crippen LogP contribution in [0.4, 0.5) is 11.4 Å². The van der Waals surface area contributed by atoms with E-state index in [1.54, 1.807) is 30.3 Å². The number of H-pyrrole nitrogens is 1. The van der Waals surface area contributed by atoms with E-state index >= 15 is 0 Å².